The van der Waals surface area contributed by atoms with Crippen LogP contribution in [0.15, 0.2) is 34.2 Å². The van der Waals surface area contributed by atoms with Gasteiger partial charge in [0.25, 0.3) is 5.56 Å². The zero-order valence-electron chi connectivity index (χ0n) is 16.8. The molecule has 7 nitrogen and oxygen atoms in total. The number of aromatic nitrogens is 2. The van der Waals surface area contributed by atoms with Gasteiger partial charge in [0.1, 0.15) is 4.83 Å². The summed E-state index contributed by atoms with van der Waals surface area (Å²) in [5.74, 6) is -0.610. The molecule has 2 heterocycles. The standard InChI is InChI=1S/C21H20ClN3O4S2/c1-2-29-21(28)23-16(26)11-30-20-24-18-17(14-5-3-4-6-15(14)31-18)19(27)25(20)13-9-7-12(22)8-10-13/h7-10H,2-6,11H2,1H3,(H,23,26,28). The first-order chi connectivity index (χ1) is 15.0. The summed E-state index contributed by atoms with van der Waals surface area (Å²) in [6.45, 7) is 1.83. The summed E-state index contributed by atoms with van der Waals surface area (Å²) >= 11 is 8.67. The van der Waals surface area contributed by atoms with Gasteiger partial charge in [-0.25, -0.2) is 9.78 Å². The third-order valence-corrected chi connectivity index (χ3v) is 7.27. The van der Waals surface area contributed by atoms with Gasteiger partial charge in [-0.05, 0) is 62.4 Å². The number of thioether (sulfide) groups is 1. The highest BCUT2D eigenvalue weighted by Gasteiger charge is 2.23. The third kappa shape index (κ3) is 4.63. The Morgan fingerprint density at radius 3 is 2.74 bits per heavy atom. The maximum absolute atomic E-state index is 13.6. The molecule has 0 fully saturated rings. The summed E-state index contributed by atoms with van der Waals surface area (Å²) in [7, 11) is 0. The van der Waals surface area contributed by atoms with E-state index in [0.29, 0.717) is 26.1 Å². The molecule has 1 aliphatic rings. The number of thiophene rings is 1. The van der Waals surface area contributed by atoms with Crippen molar-refractivity contribution in [2.45, 2.75) is 37.8 Å². The smallest absolute Gasteiger partial charge is 0.413 e. The first-order valence-corrected chi connectivity index (χ1v) is 12.1. The molecule has 1 aliphatic carbocycles. The quantitative estimate of drug-likeness (QED) is 0.434. The van der Waals surface area contributed by atoms with Crippen LogP contribution in [0.4, 0.5) is 4.79 Å². The lowest BCUT2D eigenvalue weighted by Gasteiger charge is -2.13. The van der Waals surface area contributed by atoms with Gasteiger partial charge in [0, 0.05) is 9.90 Å². The summed E-state index contributed by atoms with van der Waals surface area (Å²) in [6, 6.07) is 6.91. The van der Waals surface area contributed by atoms with Crippen molar-refractivity contribution in [1.82, 2.24) is 14.9 Å². The average molecular weight is 478 g/mol. The number of ether oxygens (including phenoxy) is 1. The van der Waals surface area contributed by atoms with E-state index in [9.17, 15) is 14.4 Å². The van der Waals surface area contributed by atoms with Crippen LogP contribution in [0.1, 0.15) is 30.2 Å². The SMILES string of the molecule is CCOC(=O)NC(=O)CSc1nc2sc3c(c2c(=O)n1-c1ccc(Cl)cc1)CCCC3. The van der Waals surface area contributed by atoms with Gasteiger partial charge in [0.05, 0.1) is 23.4 Å². The number of benzene rings is 1. The Balaban J connectivity index is 1.75. The number of rotatable bonds is 5. The van der Waals surface area contributed by atoms with Gasteiger partial charge in [-0.1, -0.05) is 23.4 Å². The molecule has 0 unspecified atom stereocenters. The highest BCUT2D eigenvalue weighted by molar-refractivity contribution is 7.99. The molecule has 1 N–H and O–H groups in total. The highest BCUT2D eigenvalue weighted by atomic mass is 35.5. The van der Waals surface area contributed by atoms with Gasteiger partial charge in [-0.2, -0.15) is 0 Å². The fraction of sp³-hybridized carbons (Fsp3) is 0.333. The topological polar surface area (TPSA) is 90.3 Å². The van der Waals surface area contributed by atoms with Crippen LogP contribution >= 0.6 is 34.7 Å². The number of hydrogen-bond acceptors (Lipinski definition) is 7. The molecule has 1 aromatic carbocycles. The summed E-state index contributed by atoms with van der Waals surface area (Å²) < 4.78 is 6.25. The zero-order valence-corrected chi connectivity index (χ0v) is 19.2. The second kappa shape index (κ2) is 9.42. The molecule has 0 aliphatic heterocycles. The number of carbonyl (C=O) groups excluding carboxylic acids is 2. The van der Waals surface area contributed by atoms with Crippen molar-refractivity contribution in [3.8, 4) is 5.69 Å². The van der Waals surface area contributed by atoms with Crippen molar-refractivity contribution in [2.24, 2.45) is 0 Å². The lowest BCUT2D eigenvalue weighted by molar-refractivity contribution is -0.117. The number of nitrogens with zero attached hydrogens (tertiary/aromatic N) is 2. The predicted octanol–water partition coefficient (Wildman–Crippen LogP) is 4.34. The zero-order chi connectivity index (χ0) is 22.0. The second-order valence-corrected chi connectivity index (χ2v) is 9.42. The second-order valence-electron chi connectivity index (χ2n) is 6.96. The molecule has 2 amide bonds. The average Bonchev–Trinajstić information content (AvgIpc) is 3.12. The molecule has 0 atom stereocenters. The molecule has 10 heteroatoms. The molecular formula is C21H20ClN3O4S2. The summed E-state index contributed by atoms with van der Waals surface area (Å²) in [6.07, 6.45) is 3.21. The van der Waals surface area contributed by atoms with Gasteiger partial charge < -0.3 is 4.74 Å². The lowest BCUT2D eigenvalue weighted by atomic mass is 9.97. The van der Waals surface area contributed by atoms with Crippen molar-refractivity contribution in [2.75, 3.05) is 12.4 Å². The molecular weight excluding hydrogens is 458 g/mol. The van der Waals surface area contributed by atoms with E-state index in [4.69, 9.17) is 21.3 Å². The number of nitrogens with one attached hydrogen (secondary N) is 1. The maximum Gasteiger partial charge on any atom is 0.413 e. The minimum absolute atomic E-state index is 0.0879. The molecule has 3 aromatic rings. The van der Waals surface area contributed by atoms with Crippen LogP contribution in [-0.4, -0.2) is 33.9 Å². The van der Waals surface area contributed by atoms with Crippen molar-refractivity contribution in [3.05, 3.63) is 50.1 Å². The predicted molar refractivity (Wildman–Crippen MR) is 123 cm³/mol. The summed E-state index contributed by atoms with van der Waals surface area (Å²) in [5, 5.41) is 3.76. The van der Waals surface area contributed by atoms with Crippen molar-refractivity contribution in [3.63, 3.8) is 0 Å². The fourth-order valence-electron chi connectivity index (χ4n) is 3.55. The number of fused-ring (bicyclic) bond motifs is 3. The summed E-state index contributed by atoms with van der Waals surface area (Å²) in [5.41, 5.74) is 1.57. The number of alkyl carbamates (subject to hydrolysis) is 1. The van der Waals surface area contributed by atoms with E-state index >= 15 is 0 Å². The van der Waals surface area contributed by atoms with Gasteiger partial charge in [-0.15, -0.1) is 11.3 Å². The maximum atomic E-state index is 13.6. The van der Waals surface area contributed by atoms with Gasteiger partial charge >= 0.3 is 6.09 Å². The van der Waals surface area contributed by atoms with E-state index in [1.165, 1.54) is 9.44 Å². The minimum Gasteiger partial charge on any atom is -0.450 e. The molecule has 4 rings (SSSR count). The van der Waals surface area contributed by atoms with E-state index < -0.39 is 12.0 Å². The monoisotopic (exact) mass is 477 g/mol. The Kier molecular flexibility index (Phi) is 6.64. The van der Waals surface area contributed by atoms with Crippen LogP contribution in [-0.2, 0) is 22.4 Å². The molecule has 0 saturated heterocycles. The molecule has 162 valence electrons. The number of amides is 2. The lowest BCUT2D eigenvalue weighted by Crippen LogP contribution is -2.32. The first kappa shape index (κ1) is 21.9. The molecule has 2 aromatic heterocycles. The number of halogens is 1. The number of hydrogen-bond donors (Lipinski definition) is 1. The van der Waals surface area contributed by atoms with Crippen molar-refractivity contribution >= 4 is 56.9 Å². The summed E-state index contributed by atoms with van der Waals surface area (Å²) in [4.78, 5) is 43.9. The van der Waals surface area contributed by atoms with E-state index in [-0.39, 0.29) is 17.9 Å². The van der Waals surface area contributed by atoms with E-state index in [1.54, 1.807) is 42.5 Å². The van der Waals surface area contributed by atoms with E-state index in [1.807, 2.05) is 0 Å². The molecule has 31 heavy (non-hydrogen) atoms. The Hall–Kier alpha value is -2.36. The normalized spacial score (nSPS) is 13.1. The van der Waals surface area contributed by atoms with Crippen LogP contribution in [0.3, 0.4) is 0 Å². The molecule has 0 spiro atoms. The number of aryl methyl sites for hydroxylation is 2. The van der Waals surface area contributed by atoms with Gasteiger partial charge in [-0.3, -0.25) is 19.5 Å². The largest absolute Gasteiger partial charge is 0.450 e. The minimum atomic E-state index is -0.794. The van der Waals surface area contributed by atoms with Crippen LogP contribution in [0, 0.1) is 0 Å². The molecule has 0 saturated carbocycles. The Morgan fingerprint density at radius 1 is 1.26 bits per heavy atom. The number of imide groups is 1. The Labute approximate surface area is 191 Å². The first-order valence-electron chi connectivity index (χ1n) is 9.90. The number of carbonyl (C=O) groups is 2. The van der Waals surface area contributed by atoms with Crippen LogP contribution in [0.25, 0.3) is 15.9 Å². The van der Waals surface area contributed by atoms with Gasteiger partial charge in [0.2, 0.25) is 5.91 Å². The molecule has 0 bridgehead atoms. The van der Waals surface area contributed by atoms with Crippen LogP contribution < -0.4 is 10.9 Å². The van der Waals surface area contributed by atoms with Crippen molar-refractivity contribution < 1.29 is 14.3 Å². The Morgan fingerprint density at radius 2 is 2.00 bits per heavy atom. The van der Waals surface area contributed by atoms with Crippen LogP contribution in [0.5, 0.6) is 0 Å². The highest BCUT2D eigenvalue weighted by Crippen LogP contribution is 2.35. The van der Waals surface area contributed by atoms with E-state index in [2.05, 4.69) is 5.32 Å². The fourth-order valence-corrected chi connectivity index (χ4v) is 5.79. The molecule has 0 radical (unpaired) electrons. The van der Waals surface area contributed by atoms with Crippen molar-refractivity contribution in [1.29, 1.82) is 0 Å². The van der Waals surface area contributed by atoms with Gasteiger partial charge in [0.15, 0.2) is 5.16 Å². The third-order valence-electron chi connectivity index (χ3n) is 4.89. The Bertz CT molecular complexity index is 1200. The van der Waals surface area contributed by atoms with Crippen LogP contribution in [0.2, 0.25) is 5.02 Å². The van der Waals surface area contributed by atoms with E-state index in [0.717, 1.165) is 43.0 Å².